The van der Waals surface area contributed by atoms with Crippen molar-refractivity contribution in [1.82, 2.24) is 5.32 Å². The number of aryl methyl sites for hydroxylation is 1. The van der Waals surface area contributed by atoms with Gasteiger partial charge in [0.05, 0.1) is 0 Å². The molecular formula is C16H26N2O. The third kappa shape index (κ3) is 6.97. The molecule has 3 N–H and O–H groups in total. The largest absolute Gasteiger partial charge is 0.354 e. The lowest BCUT2D eigenvalue weighted by molar-refractivity contribution is -0.122. The molecule has 3 heteroatoms. The number of nitrogens with two attached hydrogens (primary N) is 1. The van der Waals surface area contributed by atoms with Gasteiger partial charge in [-0.05, 0) is 44.2 Å². The van der Waals surface area contributed by atoms with Crippen LogP contribution >= 0.6 is 0 Å². The van der Waals surface area contributed by atoms with Gasteiger partial charge in [0.25, 0.3) is 0 Å². The first-order chi connectivity index (χ1) is 9.11. The predicted octanol–water partition coefficient (Wildman–Crippen LogP) is 2.50. The number of rotatable bonds is 8. The molecule has 2 unspecified atom stereocenters. The standard InChI is InChI=1S/C16H26N2O/c1-13(12-17)8-11-16(19)18-14(2)9-10-15-6-4-3-5-7-15/h3-7,13-14H,8-12,17H2,1-2H3,(H,18,19). The van der Waals surface area contributed by atoms with Crippen LogP contribution in [0.15, 0.2) is 30.3 Å². The number of nitrogens with one attached hydrogen (secondary N) is 1. The van der Waals surface area contributed by atoms with Gasteiger partial charge in [0, 0.05) is 12.5 Å². The highest BCUT2D eigenvalue weighted by Crippen LogP contribution is 2.06. The molecule has 1 aromatic carbocycles. The molecule has 2 atom stereocenters. The van der Waals surface area contributed by atoms with Crippen molar-refractivity contribution in [3.05, 3.63) is 35.9 Å². The van der Waals surface area contributed by atoms with Crippen molar-refractivity contribution in [2.45, 2.75) is 45.6 Å². The molecule has 0 spiro atoms. The van der Waals surface area contributed by atoms with Gasteiger partial charge in [0.1, 0.15) is 0 Å². The predicted molar refractivity (Wildman–Crippen MR) is 79.8 cm³/mol. The van der Waals surface area contributed by atoms with Gasteiger partial charge in [-0.1, -0.05) is 37.3 Å². The molecule has 0 heterocycles. The average molecular weight is 262 g/mol. The number of amides is 1. The molecule has 1 amide bonds. The lowest BCUT2D eigenvalue weighted by Gasteiger charge is -2.15. The van der Waals surface area contributed by atoms with E-state index in [4.69, 9.17) is 5.73 Å². The van der Waals surface area contributed by atoms with E-state index in [9.17, 15) is 4.79 Å². The van der Waals surface area contributed by atoms with Crippen LogP contribution in [0.4, 0.5) is 0 Å². The Kier molecular flexibility index (Phi) is 7.19. The molecule has 0 saturated heterocycles. The fourth-order valence-corrected chi connectivity index (χ4v) is 1.94. The molecular weight excluding hydrogens is 236 g/mol. The van der Waals surface area contributed by atoms with Crippen LogP contribution in [0, 0.1) is 5.92 Å². The van der Waals surface area contributed by atoms with E-state index in [2.05, 4.69) is 31.3 Å². The van der Waals surface area contributed by atoms with Gasteiger partial charge in [0.15, 0.2) is 0 Å². The van der Waals surface area contributed by atoms with E-state index in [1.807, 2.05) is 18.2 Å². The van der Waals surface area contributed by atoms with Crippen molar-refractivity contribution in [1.29, 1.82) is 0 Å². The normalized spacial score (nSPS) is 13.8. The topological polar surface area (TPSA) is 55.1 Å². The maximum Gasteiger partial charge on any atom is 0.220 e. The van der Waals surface area contributed by atoms with E-state index in [1.165, 1.54) is 5.56 Å². The fraction of sp³-hybridized carbons (Fsp3) is 0.562. The third-order valence-electron chi connectivity index (χ3n) is 3.38. The van der Waals surface area contributed by atoms with Gasteiger partial charge in [-0.3, -0.25) is 4.79 Å². The monoisotopic (exact) mass is 262 g/mol. The second-order valence-electron chi connectivity index (χ2n) is 5.37. The summed E-state index contributed by atoms with van der Waals surface area (Å²) in [6.07, 6.45) is 3.42. The molecule has 106 valence electrons. The Hall–Kier alpha value is -1.35. The molecule has 0 fully saturated rings. The van der Waals surface area contributed by atoms with Crippen molar-refractivity contribution >= 4 is 5.91 Å². The second-order valence-corrected chi connectivity index (χ2v) is 5.37. The first kappa shape index (κ1) is 15.7. The molecule has 1 aromatic rings. The summed E-state index contributed by atoms with van der Waals surface area (Å²) in [5, 5.41) is 3.05. The Morgan fingerprint density at radius 2 is 1.89 bits per heavy atom. The van der Waals surface area contributed by atoms with Gasteiger partial charge in [-0.2, -0.15) is 0 Å². The summed E-state index contributed by atoms with van der Waals surface area (Å²) < 4.78 is 0. The third-order valence-corrected chi connectivity index (χ3v) is 3.38. The minimum Gasteiger partial charge on any atom is -0.354 e. The number of carbonyl (C=O) groups is 1. The van der Waals surface area contributed by atoms with E-state index in [0.717, 1.165) is 19.3 Å². The molecule has 3 nitrogen and oxygen atoms in total. The lowest BCUT2D eigenvalue weighted by Crippen LogP contribution is -2.33. The van der Waals surface area contributed by atoms with Gasteiger partial charge >= 0.3 is 0 Å². The highest BCUT2D eigenvalue weighted by molar-refractivity contribution is 5.76. The Balaban J connectivity index is 2.20. The van der Waals surface area contributed by atoms with Gasteiger partial charge in [-0.25, -0.2) is 0 Å². The summed E-state index contributed by atoms with van der Waals surface area (Å²) in [6.45, 7) is 4.79. The van der Waals surface area contributed by atoms with E-state index in [1.54, 1.807) is 0 Å². The number of carbonyl (C=O) groups excluding carboxylic acids is 1. The zero-order valence-electron chi connectivity index (χ0n) is 12.1. The summed E-state index contributed by atoms with van der Waals surface area (Å²) >= 11 is 0. The highest BCUT2D eigenvalue weighted by Gasteiger charge is 2.09. The molecule has 0 aliphatic heterocycles. The summed E-state index contributed by atoms with van der Waals surface area (Å²) in [5.41, 5.74) is 6.86. The highest BCUT2D eigenvalue weighted by atomic mass is 16.1. The van der Waals surface area contributed by atoms with Crippen LogP contribution in [-0.4, -0.2) is 18.5 Å². The summed E-state index contributed by atoms with van der Waals surface area (Å²) in [4.78, 5) is 11.7. The Morgan fingerprint density at radius 1 is 1.21 bits per heavy atom. The molecule has 0 saturated carbocycles. The maximum atomic E-state index is 11.7. The smallest absolute Gasteiger partial charge is 0.220 e. The molecule has 0 aliphatic carbocycles. The van der Waals surface area contributed by atoms with E-state index in [-0.39, 0.29) is 11.9 Å². The molecule has 1 rings (SSSR count). The van der Waals surface area contributed by atoms with Crippen molar-refractivity contribution in [2.24, 2.45) is 11.7 Å². The van der Waals surface area contributed by atoms with Crippen molar-refractivity contribution < 1.29 is 4.79 Å². The van der Waals surface area contributed by atoms with Crippen LogP contribution in [0.3, 0.4) is 0 Å². The van der Waals surface area contributed by atoms with E-state index < -0.39 is 0 Å². The van der Waals surface area contributed by atoms with Gasteiger partial charge in [-0.15, -0.1) is 0 Å². The average Bonchev–Trinajstić information content (AvgIpc) is 2.43. The van der Waals surface area contributed by atoms with Crippen molar-refractivity contribution in [3.8, 4) is 0 Å². The first-order valence-corrected chi connectivity index (χ1v) is 7.15. The molecule has 0 bridgehead atoms. The van der Waals surface area contributed by atoms with Crippen LogP contribution in [0.1, 0.15) is 38.7 Å². The van der Waals surface area contributed by atoms with E-state index >= 15 is 0 Å². The fourth-order valence-electron chi connectivity index (χ4n) is 1.94. The quantitative estimate of drug-likeness (QED) is 0.756. The Bertz CT molecular complexity index is 364. The van der Waals surface area contributed by atoms with Gasteiger partial charge in [0.2, 0.25) is 5.91 Å². The van der Waals surface area contributed by atoms with Gasteiger partial charge < -0.3 is 11.1 Å². The SMILES string of the molecule is CC(CN)CCC(=O)NC(C)CCc1ccccc1. The second kappa shape index (κ2) is 8.70. The molecule has 0 radical (unpaired) electrons. The minimum atomic E-state index is 0.140. The summed E-state index contributed by atoms with van der Waals surface area (Å²) in [5.74, 6) is 0.561. The van der Waals surface area contributed by atoms with E-state index in [0.29, 0.717) is 18.9 Å². The first-order valence-electron chi connectivity index (χ1n) is 7.15. The Labute approximate surface area is 116 Å². The zero-order chi connectivity index (χ0) is 14.1. The molecule has 0 aliphatic rings. The van der Waals surface area contributed by atoms with Crippen LogP contribution in [0.2, 0.25) is 0 Å². The molecule has 19 heavy (non-hydrogen) atoms. The zero-order valence-corrected chi connectivity index (χ0v) is 12.1. The summed E-state index contributed by atoms with van der Waals surface area (Å²) in [7, 11) is 0. The van der Waals surface area contributed by atoms with Crippen molar-refractivity contribution in [3.63, 3.8) is 0 Å². The van der Waals surface area contributed by atoms with Crippen LogP contribution in [0.25, 0.3) is 0 Å². The maximum absolute atomic E-state index is 11.7. The Morgan fingerprint density at radius 3 is 2.53 bits per heavy atom. The van der Waals surface area contributed by atoms with Crippen LogP contribution in [-0.2, 0) is 11.2 Å². The minimum absolute atomic E-state index is 0.140. The number of hydrogen-bond donors (Lipinski definition) is 2. The lowest BCUT2D eigenvalue weighted by atomic mass is 10.0. The van der Waals surface area contributed by atoms with Crippen molar-refractivity contribution in [2.75, 3.05) is 6.54 Å². The van der Waals surface area contributed by atoms with Crippen LogP contribution in [0.5, 0.6) is 0 Å². The number of hydrogen-bond acceptors (Lipinski definition) is 2. The van der Waals surface area contributed by atoms with Crippen LogP contribution < -0.4 is 11.1 Å². The molecule has 0 aromatic heterocycles. The number of benzene rings is 1. The summed E-state index contributed by atoms with van der Waals surface area (Å²) in [6, 6.07) is 10.6.